The molecule has 2 heterocycles. The van der Waals surface area contributed by atoms with Crippen LogP contribution in [0, 0.1) is 5.92 Å². The molecular weight excluding hydrogens is 470 g/mol. The van der Waals surface area contributed by atoms with Crippen molar-refractivity contribution in [2.45, 2.75) is 39.0 Å². The number of nitrogens with zero attached hydrogens (tertiary/aromatic N) is 3. The van der Waals surface area contributed by atoms with Crippen LogP contribution in [0.15, 0.2) is 48.5 Å². The summed E-state index contributed by atoms with van der Waals surface area (Å²) in [5.74, 6) is 0.256. The van der Waals surface area contributed by atoms with Gasteiger partial charge >= 0.3 is 5.97 Å². The van der Waals surface area contributed by atoms with Crippen LogP contribution in [-0.4, -0.2) is 74.0 Å². The second-order valence-corrected chi connectivity index (χ2v) is 10.8. The van der Waals surface area contributed by atoms with E-state index in [1.165, 1.54) is 16.3 Å². The fourth-order valence-electron chi connectivity index (χ4n) is 4.94. The Labute approximate surface area is 219 Å². The van der Waals surface area contributed by atoms with Crippen LogP contribution in [-0.2, 0) is 19.8 Å². The van der Waals surface area contributed by atoms with Gasteiger partial charge in [-0.3, -0.25) is 9.59 Å². The van der Waals surface area contributed by atoms with Crippen molar-refractivity contribution in [2.75, 3.05) is 50.8 Å². The number of carbonyl (C=O) groups is 3. The third-order valence-electron chi connectivity index (χ3n) is 7.10. The van der Waals surface area contributed by atoms with Crippen molar-refractivity contribution in [3.05, 3.63) is 59.7 Å². The van der Waals surface area contributed by atoms with E-state index >= 15 is 0 Å². The monoisotopic (exact) mass is 507 g/mol. The molecule has 0 aromatic heterocycles. The van der Waals surface area contributed by atoms with Crippen molar-refractivity contribution >= 4 is 23.9 Å². The van der Waals surface area contributed by atoms with E-state index in [1.807, 2.05) is 29.2 Å². The van der Waals surface area contributed by atoms with Gasteiger partial charge in [-0.25, -0.2) is 4.79 Å². The predicted octanol–water partition coefficient (Wildman–Crippen LogP) is 3.69. The van der Waals surface area contributed by atoms with Crippen LogP contribution in [0.3, 0.4) is 0 Å². The van der Waals surface area contributed by atoms with Crippen molar-refractivity contribution in [1.29, 1.82) is 0 Å². The van der Waals surface area contributed by atoms with Crippen molar-refractivity contribution in [2.24, 2.45) is 5.92 Å². The van der Waals surface area contributed by atoms with E-state index in [4.69, 9.17) is 9.57 Å². The Morgan fingerprint density at radius 3 is 2.19 bits per heavy atom. The molecule has 198 valence electrons. The summed E-state index contributed by atoms with van der Waals surface area (Å²) in [5, 5.41) is 1.52. The quantitative estimate of drug-likeness (QED) is 0.418. The van der Waals surface area contributed by atoms with Crippen molar-refractivity contribution in [3.8, 4) is 5.75 Å². The van der Waals surface area contributed by atoms with Gasteiger partial charge in [0.05, 0.1) is 6.61 Å². The number of anilines is 1. The summed E-state index contributed by atoms with van der Waals surface area (Å²) in [4.78, 5) is 43.9. The molecule has 2 aromatic carbocycles. The topological polar surface area (TPSA) is 79.4 Å². The van der Waals surface area contributed by atoms with Crippen molar-refractivity contribution in [1.82, 2.24) is 9.96 Å². The van der Waals surface area contributed by atoms with Gasteiger partial charge in [-0.2, -0.15) is 0 Å². The molecule has 4 rings (SSSR count). The molecule has 2 aliphatic rings. The third kappa shape index (κ3) is 6.89. The minimum absolute atomic E-state index is 0.0487. The number of hydrogen-bond donors (Lipinski definition) is 0. The van der Waals surface area contributed by atoms with E-state index in [1.54, 1.807) is 0 Å². The van der Waals surface area contributed by atoms with Gasteiger partial charge in [-0.05, 0) is 60.1 Å². The fourth-order valence-corrected chi connectivity index (χ4v) is 4.94. The van der Waals surface area contributed by atoms with E-state index in [9.17, 15) is 14.4 Å². The molecular formula is C29H37N3O5. The molecule has 1 amide bonds. The second kappa shape index (κ2) is 11.8. The normalized spacial score (nSPS) is 17.4. The number of para-hydroxylation sites is 1. The number of rotatable bonds is 7. The second-order valence-electron chi connectivity index (χ2n) is 10.8. The Hall–Kier alpha value is -3.39. The van der Waals surface area contributed by atoms with E-state index in [0.717, 1.165) is 31.7 Å². The number of piperazine rings is 1. The van der Waals surface area contributed by atoms with E-state index < -0.39 is 5.97 Å². The largest absolute Gasteiger partial charge is 0.493 e. The van der Waals surface area contributed by atoms with Crippen LogP contribution in [0.5, 0.6) is 5.75 Å². The average Bonchev–Trinajstić information content (AvgIpc) is 2.92. The number of carbonyl (C=O) groups excluding carboxylic acids is 3. The number of benzene rings is 2. The summed E-state index contributed by atoms with van der Waals surface area (Å²) in [6.45, 7) is 11.4. The molecule has 2 aliphatic heterocycles. The molecule has 2 aromatic rings. The van der Waals surface area contributed by atoms with Crippen LogP contribution < -0.4 is 9.64 Å². The predicted molar refractivity (Wildman–Crippen MR) is 142 cm³/mol. The van der Waals surface area contributed by atoms with E-state index in [-0.39, 0.29) is 17.6 Å². The number of hydroxylamine groups is 2. The minimum Gasteiger partial charge on any atom is -0.493 e. The molecule has 0 aliphatic carbocycles. The van der Waals surface area contributed by atoms with Crippen LogP contribution in [0.25, 0.3) is 0 Å². The SMILES string of the molecule is CC(C)(C)c1ccccc1N1CCN(C(=O)c2ccc(OCC3CCN(OC(=O)C=O)CC3)cc2)CC1. The first-order valence-electron chi connectivity index (χ1n) is 13.0. The van der Waals surface area contributed by atoms with Crippen LogP contribution in [0.2, 0.25) is 0 Å². The number of amides is 1. The summed E-state index contributed by atoms with van der Waals surface area (Å²) >= 11 is 0. The van der Waals surface area contributed by atoms with Crippen molar-refractivity contribution < 1.29 is 24.0 Å². The minimum atomic E-state index is -0.864. The maximum Gasteiger partial charge on any atom is 0.390 e. The lowest BCUT2D eigenvalue weighted by atomic mass is 9.85. The van der Waals surface area contributed by atoms with Gasteiger partial charge < -0.3 is 19.4 Å². The number of piperidine rings is 1. The Morgan fingerprint density at radius 1 is 0.919 bits per heavy atom. The zero-order valence-corrected chi connectivity index (χ0v) is 22.0. The van der Waals surface area contributed by atoms with E-state index in [0.29, 0.717) is 44.3 Å². The first kappa shape index (κ1) is 26.7. The Bertz CT molecular complexity index is 1080. The molecule has 0 radical (unpaired) electrons. The van der Waals surface area contributed by atoms with Gasteiger partial charge in [-0.15, -0.1) is 5.06 Å². The zero-order valence-electron chi connectivity index (χ0n) is 22.0. The molecule has 0 spiro atoms. The molecule has 8 nitrogen and oxygen atoms in total. The Morgan fingerprint density at radius 2 is 1.57 bits per heavy atom. The number of hydrogen-bond acceptors (Lipinski definition) is 7. The Kier molecular flexibility index (Phi) is 8.48. The first-order chi connectivity index (χ1) is 17.7. The van der Waals surface area contributed by atoms with Gasteiger partial charge in [0, 0.05) is 50.5 Å². The fraction of sp³-hybridized carbons (Fsp3) is 0.483. The summed E-state index contributed by atoms with van der Waals surface area (Å²) < 4.78 is 5.95. The first-order valence-corrected chi connectivity index (χ1v) is 13.0. The average molecular weight is 508 g/mol. The highest BCUT2D eigenvalue weighted by Gasteiger charge is 2.26. The van der Waals surface area contributed by atoms with Crippen LogP contribution in [0.4, 0.5) is 5.69 Å². The van der Waals surface area contributed by atoms with Gasteiger partial charge in [0.15, 0.2) is 0 Å². The maximum absolute atomic E-state index is 13.1. The molecule has 0 N–H and O–H groups in total. The van der Waals surface area contributed by atoms with Gasteiger partial charge in [0.25, 0.3) is 5.91 Å². The lowest BCUT2D eigenvalue weighted by molar-refractivity contribution is -0.195. The summed E-state index contributed by atoms with van der Waals surface area (Å²) in [6, 6.07) is 15.9. The molecule has 0 atom stereocenters. The smallest absolute Gasteiger partial charge is 0.390 e. The van der Waals surface area contributed by atoms with Gasteiger partial charge in [0.1, 0.15) is 5.75 Å². The molecule has 0 bridgehead atoms. The van der Waals surface area contributed by atoms with E-state index in [2.05, 4.69) is 49.9 Å². The summed E-state index contributed by atoms with van der Waals surface area (Å²) in [5.41, 5.74) is 3.33. The molecule has 37 heavy (non-hydrogen) atoms. The third-order valence-corrected chi connectivity index (χ3v) is 7.10. The van der Waals surface area contributed by atoms with Crippen molar-refractivity contribution in [3.63, 3.8) is 0 Å². The molecule has 2 fully saturated rings. The highest BCUT2D eigenvalue weighted by molar-refractivity contribution is 6.20. The maximum atomic E-state index is 13.1. The van der Waals surface area contributed by atoms with Gasteiger partial charge in [0.2, 0.25) is 6.29 Å². The molecule has 0 unspecified atom stereocenters. The Balaban J connectivity index is 1.24. The highest BCUT2D eigenvalue weighted by Crippen LogP contribution is 2.32. The summed E-state index contributed by atoms with van der Waals surface area (Å²) in [6.07, 6.45) is 1.81. The lowest BCUT2D eigenvalue weighted by Crippen LogP contribution is -2.49. The highest BCUT2D eigenvalue weighted by atomic mass is 16.7. The summed E-state index contributed by atoms with van der Waals surface area (Å²) in [7, 11) is 0. The van der Waals surface area contributed by atoms with Crippen LogP contribution >= 0.6 is 0 Å². The number of ether oxygens (including phenoxy) is 1. The van der Waals surface area contributed by atoms with Gasteiger partial charge in [-0.1, -0.05) is 39.0 Å². The molecule has 2 saturated heterocycles. The standard InChI is InChI=1S/C29H37N3O5/c1-29(2,3)25-6-4-5-7-26(25)30-16-18-31(19-17-30)28(35)23-8-10-24(11-9-23)36-21-22-12-14-32(15-13-22)37-27(34)20-33/h4-11,20,22H,12-19,21H2,1-3H3. The van der Waals surface area contributed by atoms with Crippen LogP contribution in [0.1, 0.15) is 49.5 Å². The number of aldehydes is 1. The molecule has 8 heteroatoms. The molecule has 0 saturated carbocycles. The lowest BCUT2D eigenvalue weighted by Gasteiger charge is -2.38. The zero-order chi connectivity index (χ0) is 26.4.